The second-order valence-electron chi connectivity index (χ2n) is 7.82. The first-order valence-electron chi connectivity index (χ1n) is 9.94. The molecule has 2 aromatic carbocycles. The predicted molar refractivity (Wildman–Crippen MR) is 119 cm³/mol. The van der Waals surface area contributed by atoms with Crippen LogP contribution in [0.5, 0.6) is 0 Å². The van der Waals surface area contributed by atoms with Crippen molar-refractivity contribution >= 4 is 43.2 Å². The summed E-state index contributed by atoms with van der Waals surface area (Å²) in [4.78, 5) is 0.180. The molecule has 0 aliphatic carbocycles. The summed E-state index contributed by atoms with van der Waals surface area (Å²) in [6, 6.07) is 10.9. The third kappa shape index (κ3) is 3.45. The van der Waals surface area contributed by atoms with Gasteiger partial charge in [-0.15, -0.1) is 9.19 Å². The highest BCUT2D eigenvalue weighted by Crippen LogP contribution is 2.44. The van der Waals surface area contributed by atoms with Crippen molar-refractivity contribution in [2.45, 2.75) is 47.6 Å². The smallest absolute Gasteiger partial charge is 0.207 e. The summed E-state index contributed by atoms with van der Waals surface area (Å²) in [5.41, 5.74) is 0.813. The average Bonchev–Trinajstić information content (AvgIpc) is 3.18. The molecule has 0 amide bonds. The second kappa shape index (κ2) is 7.81. The SMILES string of the molecule is O=S(=O)(c1ccc(Cl)cc1)N1C2CCCC1c1nnn(S(=O)(=O)c3ccc(Cl)cc3)c1C2. The van der Waals surface area contributed by atoms with Crippen molar-refractivity contribution in [3.8, 4) is 0 Å². The van der Waals surface area contributed by atoms with E-state index in [1.54, 1.807) is 0 Å². The van der Waals surface area contributed by atoms with Crippen LogP contribution in [0.4, 0.5) is 0 Å². The molecular weight excluding hydrogens is 495 g/mol. The molecule has 3 heterocycles. The van der Waals surface area contributed by atoms with Crippen LogP contribution >= 0.6 is 23.2 Å². The van der Waals surface area contributed by atoms with E-state index in [2.05, 4.69) is 10.3 Å². The molecule has 0 spiro atoms. The van der Waals surface area contributed by atoms with E-state index in [0.717, 1.165) is 10.5 Å². The minimum absolute atomic E-state index is 0.0379. The standard InChI is InChI=1S/C20H18Cl2N4O4S2/c21-13-4-8-16(9-5-13)31(27,28)25-15-2-1-3-18(25)20-19(12-15)26(24-23-20)32(29,30)17-10-6-14(22)7-11-17/h4-11,15,18H,1-3,12H2. The van der Waals surface area contributed by atoms with Crippen molar-refractivity contribution in [1.29, 1.82) is 0 Å². The summed E-state index contributed by atoms with van der Waals surface area (Å²) in [5.74, 6) is 0. The maximum atomic E-state index is 13.5. The van der Waals surface area contributed by atoms with Gasteiger partial charge in [0.1, 0.15) is 5.69 Å². The quantitative estimate of drug-likeness (QED) is 0.528. The molecule has 0 saturated carbocycles. The van der Waals surface area contributed by atoms with E-state index in [0.29, 0.717) is 34.3 Å². The van der Waals surface area contributed by atoms with Gasteiger partial charge < -0.3 is 0 Å². The van der Waals surface area contributed by atoms with Crippen molar-refractivity contribution in [1.82, 2.24) is 18.7 Å². The number of fused-ring (bicyclic) bond motifs is 4. The van der Waals surface area contributed by atoms with Crippen LogP contribution in [0, 0.1) is 0 Å². The summed E-state index contributed by atoms with van der Waals surface area (Å²) >= 11 is 11.8. The van der Waals surface area contributed by atoms with Gasteiger partial charge in [0.05, 0.1) is 21.5 Å². The van der Waals surface area contributed by atoms with Crippen molar-refractivity contribution < 1.29 is 16.8 Å². The molecule has 2 aliphatic heterocycles. The number of halogens is 2. The zero-order valence-corrected chi connectivity index (χ0v) is 19.7. The van der Waals surface area contributed by atoms with Gasteiger partial charge >= 0.3 is 0 Å². The Morgan fingerprint density at radius 1 is 0.812 bits per heavy atom. The molecule has 5 rings (SSSR count). The van der Waals surface area contributed by atoms with Gasteiger partial charge in [-0.3, -0.25) is 0 Å². The molecule has 0 radical (unpaired) electrons. The molecule has 2 unspecified atom stereocenters. The Bertz CT molecular complexity index is 1390. The van der Waals surface area contributed by atoms with E-state index >= 15 is 0 Å². The van der Waals surface area contributed by atoms with E-state index in [4.69, 9.17) is 23.2 Å². The highest BCUT2D eigenvalue weighted by Gasteiger charge is 2.48. The Hall–Kier alpha value is -1.98. The van der Waals surface area contributed by atoms with E-state index in [-0.39, 0.29) is 22.3 Å². The number of hydrogen-bond acceptors (Lipinski definition) is 6. The maximum absolute atomic E-state index is 13.5. The highest BCUT2D eigenvalue weighted by molar-refractivity contribution is 7.90. The number of hydrogen-bond donors (Lipinski definition) is 0. The van der Waals surface area contributed by atoms with Gasteiger partial charge in [-0.25, -0.2) is 8.42 Å². The predicted octanol–water partition coefficient (Wildman–Crippen LogP) is 3.66. The van der Waals surface area contributed by atoms with Crippen molar-refractivity contribution in [3.05, 3.63) is 70.0 Å². The Labute approximate surface area is 195 Å². The normalized spacial score (nSPS) is 21.3. The Morgan fingerprint density at radius 2 is 1.38 bits per heavy atom. The Morgan fingerprint density at radius 3 is 1.97 bits per heavy atom. The largest absolute Gasteiger partial charge is 0.284 e. The lowest BCUT2D eigenvalue weighted by Crippen LogP contribution is -2.50. The minimum Gasteiger partial charge on any atom is -0.207 e. The molecule has 0 N–H and O–H groups in total. The first kappa shape index (κ1) is 21.8. The lowest BCUT2D eigenvalue weighted by Gasteiger charge is -2.43. The number of piperidine rings is 1. The fourth-order valence-corrected chi connectivity index (χ4v) is 7.82. The molecule has 3 aromatic rings. The lowest BCUT2D eigenvalue weighted by atomic mass is 9.87. The zero-order chi connectivity index (χ0) is 22.7. The zero-order valence-electron chi connectivity index (χ0n) is 16.6. The van der Waals surface area contributed by atoms with Gasteiger partial charge in [0, 0.05) is 22.5 Å². The van der Waals surface area contributed by atoms with Crippen LogP contribution in [0.1, 0.15) is 36.7 Å². The number of sulfonamides is 1. The maximum Gasteiger partial charge on any atom is 0.284 e. The summed E-state index contributed by atoms with van der Waals surface area (Å²) in [6.45, 7) is 0. The third-order valence-electron chi connectivity index (χ3n) is 5.92. The molecule has 168 valence electrons. The first-order valence-corrected chi connectivity index (χ1v) is 13.6. The number of aromatic nitrogens is 3. The molecule has 2 bridgehead atoms. The van der Waals surface area contributed by atoms with Crippen LogP contribution in [0.3, 0.4) is 0 Å². The summed E-state index contributed by atoms with van der Waals surface area (Å²) < 4.78 is 55.8. The van der Waals surface area contributed by atoms with Gasteiger partial charge in [-0.2, -0.15) is 12.7 Å². The molecule has 2 atom stereocenters. The molecule has 12 heteroatoms. The molecule has 1 aromatic heterocycles. The molecular formula is C20H18Cl2N4O4S2. The third-order valence-corrected chi connectivity index (χ3v) is 10.0. The fourth-order valence-electron chi connectivity index (χ4n) is 4.46. The number of benzene rings is 2. The second-order valence-corrected chi connectivity index (χ2v) is 12.3. The van der Waals surface area contributed by atoms with Crippen LogP contribution in [-0.4, -0.2) is 41.6 Å². The van der Waals surface area contributed by atoms with Gasteiger partial charge in [0.25, 0.3) is 10.0 Å². The summed E-state index contributed by atoms with van der Waals surface area (Å²) in [7, 11) is -7.82. The molecule has 2 aliphatic rings. The molecule has 8 nitrogen and oxygen atoms in total. The van der Waals surface area contributed by atoms with Gasteiger partial charge in [0.15, 0.2) is 0 Å². The molecule has 1 fully saturated rings. The molecule has 32 heavy (non-hydrogen) atoms. The van der Waals surface area contributed by atoms with Gasteiger partial charge in [-0.05, 0) is 67.8 Å². The van der Waals surface area contributed by atoms with Crippen molar-refractivity contribution in [2.24, 2.45) is 0 Å². The van der Waals surface area contributed by atoms with Crippen LogP contribution < -0.4 is 0 Å². The van der Waals surface area contributed by atoms with E-state index in [1.807, 2.05) is 0 Å². The van der Waals surface area contributed by atoms with Gasteiger partial charge in [0.2, 0.25) is 10.0 Å². The van der Waals surface area contributed by atoms with Gasteiger partial charge in [-0.1, -0.05) is 28.4 Å². The Balaban J connectivity index is 1.58. The van der Waals surface area contributed by atoms with Crippen molar-refractivity contribution in [3.63, 3.8) is 0 Å². The molecule has 1 saturated heterocycles. The van der Waals surface area contributed by atoms with Crippen LogP contribution in [-0.2, 0) is 26.5 Å². The van der Waals surface area contributed by atoms with E-state index in [1.165, 1.54) is 52.8 Å². The van der Waals surface area contributed by atoms with E-state index in [9.17, 15) is 16.8 Å². The summed E-state index contributed by atoms with van der Waals surface area (Å²) in [6.07, 6.45) is 2.18. The highest BCUT2D eigenvalue weighted by atomic mass is 35.5. The first-order chi connectivity index (χ1) is 15.2. The van der Waals surface area contributed by atoms with Crippen LogP contribution in [0.2, 0.25) is 10.0 Å². The van der Waals surface area contributed by atoms with Crippen molar-refractivity contribution in [2.75, 3.05) is 0 Å². The average molecular weight is 513 g/mol. The Kier molecular flexibility index (Phi) is 5.33. The lowest BCUT2D eigenvalue weighted by molar-refractivity contribution is 0.159. The van der Waals surface area contributed by atoms with Crippen LogP contribution in [0.25, 0.3) is 0 Å². The minimum atomic E-state index is -3.99. The van der Waals surface area contributed by atoms with E-state index < -0.39 is 26.1 Å². The van der Waals surface area contributed by atoms with Crippen LogP contribution in [0.15, 0.2) is 58.3 Å². The fraction of sp³-hybridized carbons (Fsp3) is 0.300. The summed E-state index contributed by atoms with van der Waals surface area (Å²) in [5, 5.41) is 8.94. The number of nitrogens with zero attached hydrogens (tertiary/aromatic N) is 4. The monoisotopic (exact) mass is 512 g/mol. The topological polar surface area (TPSA) is 102 Å². The number of rotatable bonds is 4.